The van der Waals surface area contributed by atoms with Crippen molar-refractivity contribution in [2.24, 2.45) is 5.92 Å². The van der Waals surface area contributed by atoms with E-state index >= 15 is 0 Å². The van der Waals surface area contributed by atoms with E-state index in [1.54, 1.807) is 6.92 Å². The highest BCUT2D eigenvalue weighted by Gasteiger charge is 2.28. The summed E-state index contributed by atoms with van der Waals surface area (Å²) in [5, 5.41) is 3.03. The number of carbonyl (C=O) groups excluding carboxylic acids is 1. The lowest BCUT2D eigenvalue weighted by atomic mass is 9.99. The molecular weight excluding hydrogens is 675 g/mol. The summed E-state index contributed by atoms with van der Waals surface area (Å²) in [5.41, 5.74) is 2.79. The maximum atomic E-state index is 11.8. The third kappa shape index (κ3) is 22.9. The van der Waals surface area contributed by atoms with E-state index in [0.717, 1.165) is 38.1 Å². The summed E-state index contributed by atoms with van der Waals surface area (Å²) in [6, 6.07) is 24.9. The van der Waals surface area contributed by atoms with Crippen molar-refractivity contribution >= 4 is 5.91 Å². The maximum Gasteiger partial charge on any atom is 0.219 e. The summed E-state index contributed by atoms with van der Waals surface area (Å²) in [6.45, 7) is 32.8. The van der Waals surface area contributed by atoms with E-state index in [-0.39, 0.29) is 11.9 Å². The zero-order chi connectivity index (χ0) is 41.2. The minimum Gasteiger partial charge on any atom is -0.339 e. The van der Waals surface area contributed by atoms with Crippen molar-refractivity contribution in [1.82, 2.24) is 24.9 Å². The van der Waals surface area contributed by atoms with Crippen LogP contribution in [0.1, 0.15) is 158 Å². The summed E-state index contributed by atoms with van der Waals surface area (Å²) >= 11 is 0. The van der Waals surface area contributed by atoms with Gasteiger partial charge in [0.15, 0.2) is 0 Å². The molecule has 2 fully saturated rings. The van der Waals surface area contributed by atoms with Crippen molar-refractivity contribution in [3.05, 3.63) is 71.8 Å². The van der Waals surface area contributed by atoms with Gasteiger partial charge in [-0.3, -0.25) is 19.5 Å². The molecule has 4 rings (SSSR count). The molecule has 6 nitrogen and oxygen atoms in total. The summed E-state index contributed by atoms with van der Waals surface area (Å²) in [4.78, 5) is 21.7. The van der Waals surface area contributed by atoms with Crippen LogP contribution in [-0.4, -0.2) is 95.0 Å². The lowest BCUT2D eigenvalue weighted by molar-refractivity contribution is -0.131. The Morgan fingerprint density at radius 2 is 1.27 bits per heavy atom. The third-order valence-electron chi connectivity index (χ3n) is 11.1. The number of nitrogens with one attached hydrogen (secondary N) is 1. The Bertz CT molecular complexity index is 1180. The van der Waals surface area contributed by atoms with Crippen molar-refractivity contribution in [2.45, 2.75) is 197 Å². The number of piperidine rings is 2. The molecular formula is C49H89N5O. The lowest BCUT2D eigenvalue weighted by Crippen LogP contribution is -2.50. The van der Waals surface area contributed by atoms with Crippen LogP contribution < -0.4 is 5.32 Å². The molecule has 2 saturated heterocycles. The van der Waals surface area contributed by atoms with E-state index in [1.165, 1.54) is 88.4 Å². The zero-order valence-corrected chi connectivity index (χ0v) is 38.3. The van der Waals surface area contributed by atoms with Crippen LogP contribution in [-0.2, 0) is 17.9 Å². The Balaban J connectivity index is 0.000000419. The van der Waals surface area contributed by atoms with Gasteiger partial charge in [0.2, 0.25) is 5.91 Å². The molecule has 0 bridgehead atoms. The molecule has 2 atom stereocenters. The molecule has 2 aliphatic rings. The SMILES string of the molecule is CC(=O)N(CC1CCCCN1Cc1ccccc1)C(C)C.CC(C)N(Cc1ccccc1)CC1CCCCN1C(C)C.CCCCCC(C)C.CNC(C)C. The van der Waals surface area contributed by atoms with E-state index in [9.17, 15) is 4.79 Å². The van der Waals surface area contributed by atoms with Gasteiger partial charge in [0.25, 0.3) is 0 Å². The van der Waals surface area contributed by atoms with Crippen molar-refractivity contribution in [3.8, 4) is 0 Å². The highest BCUT2D eigenvalue weighted by molar-refractivity contribution is 5.73. The van der Waals surface area contributed by atoms with Crippen LogP contribution >= 0.6 is 0 Å². The van der Waals surface area contributed by atoms with E-state index in [4.69, 9.17) is 0 Å². The highest BCUT2D eigenvalue weighted by atomic mass is 16.2. The van der Waals surface area contributed by atoms with Gasteiger partial charge in [-0.2, -0.15) is 0 Å². The molecule has 0 saturated carbocycles. The average Bonchev–Trinajstić information content (AvgIpc) is 3.15. The normalized spacial score (nSPS) is 17.8. The number of hydrogen-bond acceptors (Lipinski definition) is 5. The number of unbranched alkanes of at least 4 members (excludes halogenated alkanes) is 2. The second-order valence-corrected chi connectivity index (χ2v) is 17.7. The van der Waals surface area contributed by atoms with Gasteiger partial charge in [-0.05, 0) is 104 Å². The highest BCUT2D eigenvalue weighted by Crippen LogP contribution is 2.23. The van der Waals surface area contributed by atoms with Gasteiger partial charge in [0, 0.05) is 69.4 Å². The topological polar surface area (TPSA) is 42.1 Å². The molecule has 55 heavy (non-hydrogen) atoms. The predicted octanol–water partition coefficient (Wildman–Crippen LogP) is 11.3. The number of carbonyl (C=O) groups is 1. The van der Waals surface area contributed by atoms with Gasteiger partial charge < -0.3 is 10.2 Å². The summed E-state index contributed by atoms with van der Waals surface area (Å²) in [6.07, 6.45) is 13.5. The van der Waals surface area contributed by atoms with Gasteiger partial charge in [0.1, 0.15) is 0 Å². The first-order chi connectivity index (χ1) is 26.2. The first-order valence-corrected chi connectivity index (χ1v) is 22.5. The second kappa shape index (κ2) is 29.9. The molecule has 2 aromatic rings. The Hall–Kier alpha value is -2.25. The van der Waals surface area contributed by atoms with Crippen LogP contribution in [0.2, 0.25) is 0 Å². The molecule has 2 heterocycles. The lowest BCUT2D eigenvalue weighted by Gasteiger charge is -2.42. The number of likely N-dealkylation sites (tertiary alicyclic amines) is 2. The molecule has 0 aliphatic carbocycles. The summed E-state index contributed by atoms with van der Waals surface area (Å²) in [7, 11) is 1.95. The smallest absolute Gasteiger partial charge is 0.219 e. The zero-order valence-electron chi connectivity index (χ0n) is 38.3. The Kier molecular flexibility index (Phi) is 27.6. The standard InChI is InChI=1S/C19H32N2.C18H28N2O.C8H18.C4H11N/c1-16(2)20(14-18-10-6-5-7-11-18)15-19-12-8-9-13-21(19)17(3)4;1-15(2)20(16(3)21)14-18-11-7-8-12-19(18)13-17-9-5-4-6-10-17;1-4-5-6-7-8(2)3;1-4(2)5-3/h5-7,10-11,16-17,19H,8-9,12-15H2,1-4H3;4-6,9-10,15,18H,7-8,11-14H2,1-3H3;8H,4-7H2,1-3H3;4-5H,1-3H3. The van der Waals surface area contributed by atoms with E-state index in [2.05, 4.69) is 157 Å². The summed E-state index contributed by atoms with van der Waals surface area (Å²) in [5.74, 6) is 1.09. The van der Waals surface area contributed by atoms with Crippen LogP contribution in [0.25, 0.3) is 0 Å². The molecule has 0 spiro atoms. The van der Waals surface area contributed by atoms with Crippen LogP contribution in [0.4, 0.5) is 0 Å². The van der Waals surface area contributed by atoms with Crippen LogP contribution in [0.3, 0.4) is 0 Å². The van der Waals surface area contributed by atoms with Gasteiger partial charge in [-0.1, -0.05) is 134 Å². The molecule has 6 heteroatoms. The molecule has 1 N–H and O–H groups in total. The Morgan fingerprint density at radius 3 is 1.75 bits per heavy atom. The number of benzene rings is 2. The number of rotatable bonds is 16. The minimum atomic E-state index is 0.190. The number of hydrogen-bond donors (Lipinski definition) is 1. The van der Waals surface area contributed by atoms with Gasteiger partial charge in [-0.25, -0.2) is 0 Å². The predicted molar refractivity (Wildman–Crippen MR) is 242 cm³/mol. The first kappa shape index (κ1) is 50.8. The molecule has 1 amide bonds. The van der Waals surface area contributed by atoms with Crippen molar-refractivity contribution in [3.63, 3.8) is 0 Å². The molecule has 2 unspecified atom stereocenters. The van der Waals surface area contributed by atoms with E-state index in [0.29, 0.717) is 24.2 Å². The fraction of sp³-hybridized carbons (Fsp3) is 0.735. The molecule has 2 aromatic carbocycles. The molecule has 0 radical (unpaired) electrons. The minimum absolute atomic E-state index is 0.190. The van der Waals surface area contributed by atoms with Crippen LogP contribution in [0.15, 0.2) is 60.7 Å². The van der Waals surface area contributed by atoms with Crippen molar-refractivity contribution in [1.29, 1.82) is 0 Å². The van der Waals surface area contributed by atoms with Crippen LogP contribution in [0.5, 0.6) is 0 Å². The molecule has 0 aromatic heterocycles. The second-order valence-electron chi connectivity index (χ2n) is 17.7. The van der Waals surface area contributed by atoms with E-state index < -0.39 is 0 Å². The quantitative estimate of drug-likeness (QED) is 0.173. The largest absolute Gasteiger partial charge is 0.339 e. The van der Waals surface area contributed by atoms with Crippen molar-refractivity contribution < 1.29 is 4.79 Å². The number of nitrogens with zero attached hydrogens (tertiary/aromatic N) is 4. The van der Waals surface area contributed by atoms with Crippen molar-refractivity contribution in [2.75, 3.05) is 33.2 Å². The maximum absolute atomic E-state index is 11.8. The number of amides is 1. The fourth-order valence-electron chi connectivity index (χ4n) is 7.47. The first-order valence-electron chi connectivity index (χ1n) is 22.5. The fourth-order valence-corrected chi connectivity index (χ4v) is 7.47. The Morgan fingerprint density at radius 1 is 0.727 bits per heavy atom. The van der Waals surface area contributed by atoms with Gasteiger partial charge in [0.05, 0.1) is 0 Å². The van der Waals surface area contributed by atoms with Gasteiger partial charge >= 0.3 is 0 Å². The third-order valence-corrected chi connectivity index (χ3v) is 11.1. The van der Waals surface area contributed by atoms with Gasteiger partial charge in [-0.15, -0.1) is 0 Å². The molecule has 2 aliphatic heterocycles. The average molecular weight is 764 g/mol. The summed E-state index contributed by atoms with van der Waals surface area (Å²) < 4.78 is 0. The monoisotopic (exact) mass is 764 g/mol. The van der Waals surface area contributed by atoms with E-state index in [1.807, 2.05) is 11.9 Å². The molecule has 316 valence electrons. The van der Waals surface area contributed by atoms with Crippen LogP contribution in [0, 0.1) is 5.92 Å². The Labute approximate surface area is 342 Å².